The van der Waals surface area contributed by atoms with Crippen LogP contribution in [-0.4, -0.2) is 23.8 Å². The molecule has 3 heteroatoms. The van der Waals surface area contributed by atoms with Crippen LogP contribution in [-0.2, 0) is 12.8 Å². The summed E-state index contributed by atoms with van der Waals surface area (Å²) in [6.07, 6.45) is 2.43. The summed E-state index contributed by atoms with van der Waals surface area (Å²) in [5.74, 6) is 0.373. The minimum atomic E-state index is -0.495. The largest absolute Gasteiger partial charge is 0.508 e. The standard InChI is InChI=1S/C15H23NO2/c1-15(2)7-6-10-11(14(18)9-16-3)4-5-13(17)12(10)8-15/h4-5,14,16-18H,6-9H2,1-3H3/t14-/m0/s1. The van der Waals surface area contributed by atoms with E-state index in [4.69, 9.17) is 0 Å². The molecule has 2 rings (SSSR count). The molecule has 1 aliphatic rings. The fraction of sp³-hybridized carbons (Fsp3) is 0.600. The van der Waals surface area contributed by atoms with Gasteiger partial charge in [-0.2, -0.15) is 0 Å². The number of benzene rings is 1. The lowest BCUT2D eigenvalue weighted by Gasteiger charge is -2.33. The molecule has 3 nitrogen and oxygen atoms in total. The van der Waals surface area contributed by atoms with Crippen LogP contribution in [0.1, 0.15) is 43.1 Å². The molecular weight excluding hydrogens is 226 g/mol. The van der Waals surface area contributed by atoms with E-state index in [1.165, 1.54) is 0 Å². The van der Waals surface area contributed by atoms with Crippen LogP contribution in [0.25, 0.3) is 0 Å². The number of rotatable bonds is 3. The number of likely N-dealkylation sites (N-methyl/N-ethyl adjacent to an activating group) is 1. The van der Waals surface area contributed by atoms with Gasteiger partial charge in [0.2, 0.25) is 0 Å². The molecule has 0 saturated carbocycles. The van der Waals surface area contributed by atoms with E-state index < -0.39 is 6.10 Å². The van der Waals surface area contributed by atoms with Crippen molar-refractivity contribution in [1.82, 2.24) is 5.32 Å². The lowest BCUT2D eigenvalue weighted by Crippen LogP contribution is -2.25. The summed E-state index contributed by atoms with van der Waals surface area (Å²) in [6.45, 7) is 5.00. The third-order valence-corrected chi connectivity index (χ3v) is 3.91. The number of hydrogen-bond acceptors (Lipinski definition) is 3. The highest BCUT2D eigenvalue weighted by molar-refractivity contribution is 5.47. The van der Waals surface area contributed by atoms with Crippen LogP contribution in [0.5, 0.6) is 5.75 Å². The van der Waals surface area contributed by atoms with Gasteiger partial charge in [0.15, 0.2) is 0 Å². The summed E-state index contributed by atoms with van der Waals surface area (Å²) in [5.41, 5.74) is 3.38. The van der Waals surface area contributed by atoms with Gasteiger partial charge in [-0.1, -0.05) is 19.9 Å². The number of fused-ring (bicyclic) bond motifs is 1. The lowest BCUT2D eigenvalue weighted by atomic mass is 9.72. The van der Waals surface area contributed by atoms with Crippen molar-refractivity contribution >= 4 is 0 Å². The number of aromatic hydroxyl groups is 1. The quantitative estimate of drug-likeness (QED) is 0.769. The van der Waals surface area contributed by atoms with Gasteiger partial charge in [-0.25, -0.2) is 0 Å². The number of phenols is 1. The highest BCUT2D eigenvalue weighted by Gasteiger charge is 2.29. The molecule has 0 spiro atoms. The Bertz CT molecular complexity index is 440. The summed E-state index contributed by atoms with van der Waals surface area (Å²) in [4.78, 5) is 0. The summed E-state index contributed by atoms with van der Waals surface area (Å²) >= 11 is 0. The monoisotopic (exact) mass is 249 g/mol. The Morgan fingerprint density at radius 3 is 2.72 bits per heavy atom. The van der Waals surface area contributed by atoms with Gasteiger partial charge in [-0.3, -0.25) is 0 Å². The van der Waals surface area contributed by atoms with Crippen molar-refractivity contribution < 1.29 is 10.2 Å². The molecule has 0 saturated heterocycles. The number of hydrogen-bond donors (Lipinski definition) is 3. The van der Waals surface area contributed by atoms with Gasteiger partial charge in [0, 0.05) is 6.54 Å². The van der Waals surface area contributed by atoms with Crippen molar-refractivity contribution in [2.75, 3.05) is 13.6 Å². The van der Waals surface area contributed by atoms with Crippen LogP contribution >= 0.6 is 0 Å². The third-order valence-electron chi connectivity index (χ3n) is 3.91. The number of nitrogens with one attached hydrogen (secondary N) is 1. The van der Waals surface area contributed by atoms with Gasteiger partial charge >= 0.3 is 0 Å². The molecule has 3 N–H and O–H groups in total. The number of aliphatic hydroxyl groups excluding tert-OH is 1. The van der Waals surface area contributed by atoms with Crippen molar-refractivity contribution in [3.8, 4) is 5.75 Å². The second-order valence-electron chi connectivity index (χ2n) is 6.05. The predicted molar refractivity (Wildman–Crippen MR) is 72.8 cm³/mol. The van der Waals surface area contributed by atoms with Crippen molar-refractivity contribution in [3.63, 3.8) is 0 Å². The van der Waals surface area contributed by atoms with Crippen molar-refractivity contribution in [3.05, 3.63) is 28.8 Å². The first kappa shape index (κ1) is 13.4. The average molecular weight is 249 g/mol. The molecule has 0 heterocycles. The van der Waals surface area contributed by atoms with Gasteiger partial charge in [-0.15, -0.1) is 0 Å². The Kier molecular flexibility index (Phi) is 3.64. The zero-order valence-corrected chi connectivity index (χ0v) is 11.5. The highest BCUT2D eigenvalue weighted by Crippen LogP contribution is 2.41. The lowest BCUT2D eigenvalue weighted by molar-refractivity contribution is 0.175. The smallest absolute Gasteiger partial charge is 0.119 e. The number of aliphatic hydroxyl groups is 1. The topological polar surface area (TPSA) is 52.5 Å². The van der Waals surface area contributed by atoms with Crippen LogP contribution < -0.4 is 5.32 Å². The maximum absolute atomic E-state index is 10.2. The molecule has 0 fully saturated rings. The molecule has 1 aliphatic carbocycles. The SMILES string of the molecule is CNC[C@H](O)c1ccc(O)c2c1CCC(C)(C)C2. The van der Waals surface area contributed by atoms with Gasteiger partial charge in [0.25, 0.3) is 0 Å². The first-order valence-electron chi connectivity index (χ1n) is 6.61. The molecule has 0 amide bonds. The molecule has 1 aromatic rings. The Hall–Kier alpha value is -1.06. The zero-order chi connectivity index (χ0) is 13.3. The maximum Gasteiger partial charge on any atom is 0.119 e. The van der Waals surface area contributed by atoms with Gasteiger partial charge in [0.05, 0.1) is 6.10 Å². The first-order chi connectivity index (χ1) is 8.44. The van der Waals surface area contributed by atoms with E-state index in [0.29, 0.717) is 12.3 Å². The minimum absolute atomic E-state index is 0.233. The van der Waals surface area contributed by atoms with Crippen LogP contribution in [0.2, 0.25) is 0 Å². The van der Waals surface area contributed by atoms with E-state index in [2.05, 4.69) is 19.2 Å². The van der Waals surface area contributed by atoms with Crippen LogP contribution in [0.15, 0.2) is 12.1 Å². The second kappa shape index (κ2) is 4.90. The van der Waals surface area contributed by atoms with Crippen molar-refractivity contribution in [2.24, 2.45) is 5.41 Å². The predicted octanol–water partition coefficient (Wildman–Crippen LogP) is 2.16. The van der Waals surface area contributed by atoms with E-state index in [1.54, 1.807) is 6.07 Å². The van der Waals surface area contributed by atoms with E-state index in [0.717, 1.165) is 36.0 Å². The highest BCUT2D eigenvalue weighted by atomic mass is 16.3. The van der Waals surface area contributed by atoms with E-state index in [9.17, 15) is 10.2 Å². The molecule has 0 radical (unpaired) electrons. The van der Waals surface area contributed by atoms with E-state index in [-0.39, 0.29) is 5.41 Å². The number of phenolic OH excluding ortho intramolecular Hbond substituents is 1. The average Bonchev–Trinajstić information content (AvgIpc) is 2.29. The molecule has 100 valence electrons. The summed E-state index contributed by atoms with van der Waals surface area (Å²) in [6, 6.07) is 3.57. The fourth-order valence-corrected chi connectivity index (χ4v) is 2.84. The van der Waals surface area contributed by atoms with E-state index in [1.807, 2.05) is 13.1 Å². The molecule has 1 aromatic carbocycles. The van der Waals surface area contributed by atoms with Crippen molar-refractivity contribution in [2.45, 2.75) is 39.2 Å². The summed E-state index contributed by atoms with van der Waals surface area (Å²) in [5, 5.41) is 23.2. The van der Waals surface area contributed by atoms with Crippen LogP contribution in [0.3, 0.4) is 0 Å². The molecular formula is C15H23NO2. The molecule has 0 bridgehead atoms. The zero-order valence-electron chi connectivity index (χ0n) is 11.5. The fourth-order valence-electron chi connectivity index (χ4n) is 2.84. The summed E-state index contributed by atoms with van der Waals surface area (Å²) < 4.78 is 0. The van der Waals surface area contributed by atoms with Crippen LogP contribution in [0.4, 0.5) is 0 Å². The van der Waals surface area contributed by atoms with E-state index >= 15 is 0 Å². The van der Waals surface area contributed by atoms with Crippen molar-refractivity contribution in [1.29, 1.82) is 0 Å². The maximum atomic E-state index is 10.2. The second-order valence-corrected chi connectivity index (χ2v) is 6.05. The van der Waals surface area contributed by atoms with Crippen LogP contribution in [0, 0.1) is 5.41 Å². The Labute approximate surface area is 109 Å². The third kappa shape index (κ3) is 2.52. The minimum Gasteiger partial charge on any atom is -0.508 e. The molecule has 0 unspecified atom stereocenters. The van der Waals surface area contributed by atoms with Gasteiger partial charge in [-0.05, 0) is 54.5 Å². The van der Waals surface area contributed by atoms with Gasteiger partial charge in [0.1, 0.15) is 5.75 Å². The summed E-state index contributed by atoms with van der Waals surface area (Å²) in [7, 11) is 1.83. The Balaban J connectivity index is 2.41. The Morgan fingerprint density at radius 1 is 1.33 bits per heavy atom. The Morgan fingerprint density at radius 2 is 2.06 bits per heavy atom. The molecule has 18 heavy (non-hydrogen) atoms. The molecule has 0 aromatic heterocycles. The normalized spacial score (nSPS) is 19.3. The van der Waals surface area contributed by atoms with Gasteiger partial charge < -0.3 is 15.5 Å². The molecule has 1 atom stereocenters. The first-order valence-corrected chi connectivity index (χ1v) is 6.61. The molecule has 0 aliphatic heterocycles.